The molecule has 3 rings (SSSR count). The van der Waals surface area contributed by atoms with Crippen molar-refractivity contribution in [3.63, 3.8) is 0 Å². The smallest absolute Gasteiger partial charge is 0.263 e. The number of halogens is 3. The van der Waals surface area contributed by atoms with E-state index in [1.807, 2.05) is 25.1 Å². The molecule has 0 aliphatic rings. The molecule has 0 heterocycles. The molecule has 3 aromatic carbocycles. The highest BCUT2D eigenvalue weighted by Crippen LogP contribution is 2.26. The molecule has 3 aromatic rings. The van der Waals surface area contributed by atoms with E-state index in [9.17, 15) is 13.2 Å². The molecule has 33 heavy (non-hydrogen) atoms. The second-order valence-electron chi connectivity index (χ2n) is 7.18. The number of carbonyl (C=O) groups is 1. The van der Waals surface area contributed by atoms with E-state index in [1.54, 1.807) is 36.0 Å². The standard InChI is InChI=1S/C23H21Cl3N2O3S2/c1-15-3-2-4-18(11-15)28-33(30,31)22-13-17(6-8-20(22)25)23(29)27-9-10-32-14-16-5-7-19(24)21(26)12-16/h2-8,11-13,28H,9-10,14H2,1H3,(H,27,29). The normalized spacial score (nSPS) is 11.3. The van der Waals surface area contributed by atoms with Crippen molar-refractivity contribution in [2.24, 2.45) is 0 Å². The van der Waals surface area contributed by atoms with Gasteiger partial charge in [-0.2, -0.15) is 11.8 Å². The van der Waals surface area contributed by atoms with Crippen LogP contribution in [0.3, 0.4) is 0 Å². The van der Waals surface area contributed by atoms with Crippen LogP contribution in [0, 0.1) is 6.92 Å². The van der Waals surface area contributed by atoms with Gasteiger partial charge in [-0.1, -0.05) is 53.0 Å². The summed E-state index contributed by atoms with van der Waals surface area (Å²) < 4.78 is 28.2. The van der Waals surface area contributed by atoms with E-state index >= 15 is 0 Å². The van der Waals surface area contributed by atoms with Crippen molar-refractivity contribution in [1.29, 1.82) is 0 Å². The monoisotopic (exact) mass is 542 g/mol. The number of rotatable bonds is 9. The summed E-state index contributed by atoms with van der Waals surface area (Å²) in [5, 5.41) is 3.85. The van der Waals surface area contributed by atoms with Gasteiger partial charge in [0.2, 0.25) is 0 Å². The molecular weight excluding hydrogens is 523 g/mol. The third-order valence-corrected chi connectivity index (χ3v) is 8.17. The Balaban J connectivity index is 1.58. The van der Waals surface area contributed by atoms with Gasteiger partial charge in [-0.25, -0.2) is 8.42 Å². The molecule has 0 bridgehead atoms. The van der Waals surface area contributed by atoms with Gasteiger partial charge in [0, 0.05) is 29.3 Å². The first-order valence-corrected chi connectivity index (χ1v) is 13.6. The molecule has 0 saturated heterocycles. The van der Waals surface area contributed by atoms with E-state index in [4.69, 9.17) is 34.8 Å². The Morgan fingerprint density at radius 2 is 1.70 bits per heavy atom. The lowest BCUT2D eigenvalue weighted by atomic mass is 10.2. The first kappa shape index (κ1) is 25.7. The van der Waals surface area contributed by atoms with Gasteiger partial charge in [0.15, 0.2) is 0 Å². The van der Waals surface area contributed by atoms with Crippen LogP contribution in [-0.4, -0.2) is 26.6 Å². The maximum atomic E-state index is 12.8. The van der Waals surface area contributed by atoms with Crippen LogP contribution < -0.4 is 10.0 Å². The number of aryl methyl sites for hydroxylation is 1. The fourth-order valence-electron chi connectivity index (χ4n) is 2.93. The number of amides is 1. The average molecular weight is 544 g/mol. The summed E-state index contributed by atoms with van der Waals surface area (Å²) in [5.74, 6) is 1.01. The molecule has 0 unspecified atom stereocenters. The molecule has 0 aromatic heterocycles. The van der Waals surface area contributed by atoms with E-state index in [1.165, 1.54) is 18.2 Å². The Bertz CT molecular complexity index is 1270. The van der Waals surface area contributed by atoms with E-state index in [-0.39, 0.29) is 21.4 Å². The van der Waals surface area contributed by atoms with Crippen LogP contribution in [0.1, 0.15) is 21.5 Å². The molecular formula is C23H21Cl3N2O3S2. The molecule has 174 valence electrons. The summed E-state index contributed by atoms with van der Waals surface area (Å²) in [6.45, 7) is 2.27. The number of sulfonamides is 1. The molecule has 0 saturated carbocycles. The zero-order valence-electron chi connectivity index (χ0n) is 17.6. The van der Waals surface area contributed by atoms with Crippen molar-refractivity contribution >= 4 is 68.2 Å². The Labute approximate surface area is 212 Å². The molecule has 2 N–H and O–H groups in total. The van der Waals surface area contributed by atoms with Crippen LogP contribution in [0.2, 0.25) is 15.1 Å². The lowest BCUT2D eigenvalue weighted by Crippen LogP contribution is -2.26. The molecule has 10 heteroatoms. The van der Waals surface area contributed by atoms with Crippen LogP contribution in [0.5, 0.6) is 0 Å². The third-order valence-electron chi connectivity index (χ3n) is 4.54. The minimum Gasteiger partial charge on any atom is -0.351 e. The zero-order valence-corrected chi connectivity index (χ0v) is 21.5. The summed E-state index contributed by atoms with van der Waals surface area (Å²) in [4.78, 5) is 12.4. The SMILES string of the molecule is Cc1cccc(NS(=O)(=O)c2cc(C(=O)NCCSCc3ccc(Cl)c(Cl)c3)ccc2Cl)c1. The van der Waals surface area contributed by atoms with E-state index < -0.39 is 10.0 Å². The Morgan fingerprint density at radius 1 is 0.939 bits per heavy atom. The first-order chi connectivity index (χ1) is 15.7. The number of thioether (sulfide) groups is 1. The number of hydrogen-bond acceptors (Lipinski definition) is 4. The van der Waals surface area contributed by atoms with Gasteiger partial charge in [0.05, 0.1) is 15.1 Å². The highest BCUT2D eigenvalue weighted by atomic mass is 35.5. The van der Waals surface area contributed by atoms with Crippen molar-refractivity contribution < 1.29 is 13.2 Å². The summed E-state index contributed by atoms with van der Waals surface area (Å²) in [6.07, 6.45) is 0. The predicted molar refractivity (Wildman–Crippen MR) is 138 cm³/mol. The number of nitrogens with one attached hydrogen (secondary N) is 2. The zero-order chi connectivity index (χ0) is 24.0. The predicted octanol–water partition coefficient (Wildman–Crippen LogP) is 6.42. The van der Waals surface area contributed by atoms with Gasteiger partial charge in [0.1, 0.15) is 4.90 Å². The summed E-state index contributed by atoms with van der Waals surface area (Å²) in [6, 6.07) is 16.6. The van der Waals surface area contributed by atoms with Crippen LogP contribution >= 0.6 is 46.6 Å². The van der Waals surface area contributed by atoms with Crippen LogP contribution in [-0.2, 0) is 15.8 Å². The van der Waals surface area contributed by atoms with Gasteiger partial charge in [-0.15, -0.1) is 0 Å². The minimum atomic E-state index is -3.97. The number of anilines is 1. The van der Waals surface area contributed by atoms with Gasteiger partial charge >= 0.3 is 0 Å². The highest BCUT2D eigenvalue weighted by molar-refractivity contribution is 7.98. The number of carbonyl (C=O) groups excluding carboxylic acids is 1. The number of benzene rings is 3. The minimum absolute atomic E-state index is 0.0314. The molecule has 0 spiro atoms. The maximum absolute atomic E-state index is 12.8. The van der Waals surface area contributed by atoms with Crippen molar-refractivity contribution in [1.82, 2.24) is 5.32 Å². The summed E-state index contributed by atoms with van der Waals surface area (Å²) >= 11 is 19.7. The summed E-state index contributed by atoms with van der Waals surface area (Å²) in [7, 11) is -3.97. The fourth-order valence-corrected chi connectivity index (χ4v) is 5.63. The fraction of sp³-hybridized carbons (Fsp3) is 0.174. The summed E-state index contributed by atoms with van der Waals surface area (Å²) in [5.41, 5.74) is 2.57. The van der Waals surface area contributed by atoms with Crippen LogP contribution in [0.4, 0.5) is 5.69 Å². The Hall–Kier alpha value is -1.90. The first-order valence-electron chi connectivity index (χ1n) is 9.84. The van der Waals surface area contributed by atoms with Crippen LogP contribution in [0.15, 0.2) is 65.6 Å². The van der Waals surface area contributed by atoms with E-state index in [0.29, 0.717) is 28.0 Å². The van der Waals surface area contributed by atoms with Gasteiger partial charge < -0.3 is 5.32 Å². The largest absolute Gasteiger partial charge is 0.351 e. The molecule has 1 amide bonds. The lowest BCUT2D eigenvalue weighted by Gasteiger charge is -2.12. The second-order valence-corrected chi connectivity index (χ2v) is 11.2. The van der Waals surface area contributed by atoms with Crippen molar-refractivity contribution in [2.75, 3.05) is 17.0 Å². The molecule has 5 nitrogen and oxygen atoms in total. The Kier molecular flexibility index (Phi) is 8.95. The van der Waals surface area contributed by atoms with Crippen molar-refractivity contribution in [3.05, 3.63) is 92.4 Å². The van der Waals surface area contributed by atoms with Crippen molar-refractivity contribution in [2.45, 2.75) is 17.6 Å². The molecule has 0 aliphatic carbocycles. The highest BCUT2D eigenvalue weighted by Gasteiger charge is 2.20. The molecule has 0 aliphatic heterocycles. The molecule has 0 radical (unpaired) electrons. The lowest BCUT2D eigenvalue weighted by molar-refractivity contribution is 0.0956. The van der Waals surface area contributed by atoms with Gasteiger partial charge in [0.25, 0.3) is 15.9 Å². The number of hydrogen-bond donors (Lipinski definition) is 2. The maximum Gasteiger partial charge on any atom is 0.263 e. The van der Waals surface area contributed by atoms with Gasteiger partial charge in [-0.05, 0) is 60.5 Å². The second kappa shape index (κ2) is 11.5. The average Bonchev–Trinajstić information content (AvgIpc) is 2.75. The van der Waals surface area contributed by atoms with E-state index in [2.05, 4.69) is 10.0 Å². The van der Waals surface area contributed by atoms with Gasteiger partial charge in [-0.3, -0.25) is 9.52 Å². The van der Waals surface area contributed by atoms with Crippen LogP contribution in [0.25, 0.3) is 0 Å². The third kappa shape index (κ3) is 7.29. The molecule has 0 atom stereocenters. The van der Waals surface area contributed by atoms with E-state index in [0.717, 1.165) is 16.9 Å². The molecule has 0 fully saturated rings. The quantitative estimate of drug-likeness (QED) is 0.305. The Morgan fingerprint density at radius 3 is 2.42 bits per heavy atom. The van der Waals surface area contributed by atoms with Crippen molar-refractivity contribution in [3.8, 4) is 0 Å². The topological polar surface area (TPSA) is 75.3 Å².